The van der Waals surface area contributed by atoms with Crippen LogP contribution in [0.2, 0.25) is 0 Å². The molecule has 4 heteroatoms. The van der Waals surface area contributed by atoms with Crippen LogP contribution in [0.15, 0.2) is 28.7 Å². The van der Waals surface area contributed by atoms with Crippen molar-refractivity contribution < 1.29 is 9.15 Å². The van der Waals surface area contributed by atoms with Gasteiger partial charge >= 0.3 is 0 Å². The molecule has 0 spiro atoms. The summed E-state index contributed by atoms with van der Waals surface area (Å²) in [5.41, 5.74) is 7.63. The molecule has 0 radical (unpaired) electrons. The van der Waals surface area contributed by atoms with Gasteiger partial charge in [0.15, 0.2) is 6.61 Å². The maximum absolute atomic E-state index is 5.61. The predicted octanol–water partition coefficient (Wildman–Crippen LogP) is 2.37. The van der Waals surface area contributed by atoms with Crippen molar-refractivity contribution in [3.8, 4) is 5.75 Å². The highest BCUT2D eigenvalue weighted by Crippen LogP contribution is 2.15. The standard InChI is InChI=1S/C14H18N2O2/c1-10-3-5-12(6-4-10)17-9-14-16-13(7-8-15)11(2)18-14/h3-6H,7-9,15H2,1-2H3. The minimum Gasteiger partial charge on any atom is -0.484 e. The lowest BCUT2D eigenvalue weighted by atomic mass is 10.2. The van der Waals surface area contributed by atoms with Gasteiger partial charge < -0.3 is 14.9 Å². The van der Waals surface area contributed by atoms with E-state index in [9.17, 15) is 0 Å². The molecule has 18 heavy (non-hydrogen) atoms. The van der Waals surface area contributed by atoms with Crippen LogP contribution in [0.4, 0.5) is 0 Å². The van der Waals surface area contributed by atoms with Gasteiger partial charge in [-0.2, -0.15) is 0 Å². The lowest BCUT2D eigenvalue weighted by Crippen LogP contribution is -2.04. The summed E-state index contributed by atoms with van der Waals surface area (Å²) >= 11 is 0. The van der Waals surface area contributed by atoms with Gasteiger partial charge in [-0.05, 0) is 32.5 Å². The molecule has 0 aliphatic rings. The van der Waals surface area contributed by atoms with Gasteiger partial charge in [0, 0.05) is 6.42 Å². The molecule has 0 saturated carbocycles. The highest BCUT2D eigenvalue weighted by Gasteiger charge is 2.09. The number of benzene rings is 1. The van der Waals surface area contributed by atoms with Crippen molar-refractivity contribution >= 4 is 0 Å². The van der Waals surface area contributed by atoms with Crippen molar-refractivity contribution in [2.75, 3.05) is 6.54 Å². The van der Waals surface area contributed by atoms with Crippen LogP contribution in [0.1, 0.15) is 22.9 Å². The minimum atomic E-state index is 0.342. The summed E-state index contributed by atoms with van der Waals surface area (Å²) < 4.78 is 11.1. The molecule has 0 atom stereocenters. The number of oxazole rings is 1. The fourth-order valence-corrected chi connectivity index (χ4v) is 1.70. The number of nitrogens with two attached hydrogens (primary N) is 1. The van der Waals surface area contributed by atoms with E-state index in [2.05, 4.69) is 4.98 Å². The Balaban J connectivity index is 1.97. The molecular weight excluding hydrogens is 228 g/mol. The molecule has 2 N–H and O–H groups in total. The van der Waals surface area contributed by atoms with Crippen molar-refractivity contribution in [3.63, 3.8) is 0 Å². The molecule has 0 bridgehead atoms. The van der Waals surface area contributed by atoms with E-state index >= 15 is 0 Å². The molecule has 0 aliphatic carbocycles. The van der Waals surface area contributed by atoms with Crippen LogP contribution in [0.25, 0.3) is 0 Å². The Morgan fingerprint density at radius 2 is 1.94 bits per heavy atom. The van der Waals surface area contributed by atoms with Crippen LogP contribution in [0, 0.1) is 13.8 Å². The molecule has 1 aromatic heterocycles. The SMILES string of the molecule is Cc1ccc(OCc2nc(CCN)c(C)o2)cc1. The Morgan fingerprint density at radius 3 is 2.61 bits per heavy atom. The van der Waals surface area contributed by atoms with Crippen LogP contribution in [-0.4, -0.2) is 11.5 Å². The third-order valence-corrected chi connectivity index (χ3v) is 2.70. The average molecular weight is 246 g/mol. The van der Waals surface area contributed by atoms with Crippen LogP contribution in [0.5, 0.6) is 5.75 Å². The molecule has 96 valence electrons. The summed E-state index contributed by atoms with van der Waals surface area (Å²) in [7, 11) is 0. The molecule has 4 nitrogen and oxygen atoms in total. The molecule has 0 saturated heterocycles. The molecule has 0 amide bonds. The van der Waals surface area contributed by atoms with Gasteiger partial charge in [0.1, 0.15) is 11.5 Å². The molecule has 0 aliphatic heterocycles. The van der Waals surface area contributed by atoms with Gasteiger partial charge in [-0.3, -0.25) is 0 Å². The number of aryl methyl sites for hydroxylation is 2. The third-order valence-electron chi connectivity index (χ3n) is 2.70. The lowest BCUT2D eigenvalue weighted by Gasteiger charge is -2.03. The second kappa shape index (κ2) is 5.69. The van der Waals surface area contributed by atoms with Gasteiger partial charge in [-0.15, -0.1) is 0 Å². The highest BCUT2D eigenvalue weighted by molar-refractivity contribution is 5.26. The van der Waals surface area contributed by atoms with E-state index in [0.29, 0.717) is 19.0 Å². The van der Waals surface area contributed by atoms with E-state index in [1.54, 1.807) is 0 Å². The van der Waals surface area contributed by atoms with Gasteiger partial charge in [-0.25, -0.2) is 4.98 Å². The van der Waals surface area contributed by atoms with Crippen molar-refractivity contribution in [2.45, 2.75) is 26.9 Å². The second-order valence-electron chi connectivity index (χ2n) is 4.25. The Hall–Kier alpha value is -1.81. The maximum atomic E-state index is 5.61. The number of rotatable bonds is 5. The second-order valence-corrected chi connectivity index (χ2v) is 4.25. The normalized spacial score (nSPS) is 10.6. The zero-order valence-electron chi connectivity index (χ0n) is 10.8. The van der Waals surface area contributed by atoms with Gasteiger partial charge in [-0.1, -0.05) is 17.7 Å². The summed E-state index contributed by atoms with van der Waals surface area (Å²) in [5, 5.41) is 0. The molecular formula is C14H18N2O2. The first-order valence-corrected chi connectivity index (χ1v) is 6.03. The van der Waals surface area contributed by atoms with Gasteiger partial charge in [0.05, 0.1) is 5.69 Å². The first-order chi connectivity index (χ1) is 8.69. The van der Waals surface area contributed by atoms with E-state index in [-0.39, 0.29) is 0 Å². The number of hydrogen-bond acceptors (Lipinski definition) is 4. The number of nitrogens with zero attached hydrogens (tertiary/aromatic N) is 1. The average Bonchev–Trinajstić information content (AvgIpc) is 2.70. The third kappa shape index (κ3) is 3.11. The maximum Gasteiger partial charge on any atom is 0.232 e. The highest BCUT2D eigenvalue weighted by atomic mass is 16.5. The van der Waals surface area contributed by atoms with Crippen LogP contribution >= 0.6 is 0 Å². The molecule has 1 heterocycles. The zero-order valence-corrected chi connectivity index (χ0v) is 10.8. The first kappa shape index (κ1) is 12.6. The fourth-order valence-electron chi connectivity index (χ4n) is 1.70. The molecule has 2 aromatic rings. The molecule has 0 unspecified atom stereocenters. The quantitative estimate of drug-likeness (QED) is 0.879. The molecule has 0 fully saturated rings. The Kier molecular flexibility index (Phi) is 3.99. The monoisotopic (exact) mass is 246 g/mol. The van der Waals surface area contributed by atoms with Crippen molar-refractivity contribution in [1.82, 2.24) is 4.98 Å². The minimum absolute atomic E-state index is 0.342. The Labute approximate surface area is 107 Å². The van der Waals surface area contributed by atoms with Crippen LogP contribution in [-0.2, 0) is 13.0 Å². The summed E-state index contributed by atoms with van der Waals surface area (Å²) in [5.74, 6) is 2.23. The first-order valence-electron chi connectivity index (χ1n) is 6.03. The summed E-state index contributed by atoms with van der Waals surface area (Å²) in [6.45, 7) is 4.85. The summed E-state index contributed by atoms with van der Waals surface area (Å²) in [4.78, 5) is 4.36. The predicted molar refractivity (Wildman–Crippen MR) is 69.5 cm³/mol. The van der Waals surface area contributed by atoms with E-state index in [1.165, 1.54) is 5.56 Å². The van der Waals surface area contributed by atoms with E-state index in [4.69, 9.17) is 14.9 Å². The van der Waals surface area contributed by atoms with E-state index in [1.807, 2.05) is 38.1 Å². The van der Waals surface area contributed by atoms with Gasteiger partial charge in [0.25, 0.3) is 0 Å². The summed E-state index contributed by atoms with van der Waals surface area (Å²) in [6, 6.07) is 7.89. The Bertz CT molecular complexity index is 503. The smallest absolute Gasteiger partial charge is 0.232 e. The van der Waals surface area contributed by atoms with Crippen LogP contribution in [0.3, 0.4) is 0 Å². The van der Waals surface area contributed by atoms with E-state index < -0.39 is 0 Å². The number of ether oxygens (including phenoxy) is 1. The van der Waals surface area contributed by atoms with Crippen molar-refractivity contribution in [2.24, 2.45) is 5.73 Å². The summed E-state index contributed by atoms with van der Waals surface area (Å²) in [6.07, 6.45) is 0.736. The largest absolute Gasteiger partial charge is 0.484 e. The molecule has 1 aromatic carbocycles. The lowest BCUT2D eigenvalue weighted by molar-refractivity contribution is 0.260. The molecule has 2 rings (SSSR count). The topological polar surface area (TPSA) is 61.3 Å². The zero-order chi connectivity index (χ0) is 13.0. The van der Waals surface area contributed by atoms with Crippen molar-refractivity contribution in [1.29, 1.82) is 0 Å². The van der Waals surface area contributed by atoms with Crippen LogP contribution < -0.4 is 10.5 Å². The number of hydrogen-bond donors (Lipinski definition) is 1. The number of aromatic nitrogens is 1. The fraction of sp³-hybridized carbons (Fsp3) is 0.357. The Morgan fingerprint density at radius 1 is 1.22 bits per heavy atom. The van der Waals surface area contributed by atoms with Gasteiger partial charge in [0.2, 0.25) is 5.89 Å². The van der Waals surface area contributed by atoms with Crippen molar-refractivity contribution in [3.05, 3.63) is 47.2 Å². The van der Waals surface area contributed by atoms with E-state index in [0.717, 1.165) is 23.6 Å².